The number of benzene rings is 1. The van der Waals surface area contributed by atoms with Gasteiger partial charge in [0.15, 0.2) is 5.11 Å². The Kier molecular flexibility index (Phi) is 6.33. The first-order valence-corrected chi connectivity index (χ1v) is 10.3. The summed E-state index contributed by atoms with van der Waals surface area (Å²) in [6.45, 7) is 2.03. The zero-order chi connectivity index (χ0) is 19.2. The van der Waals surface area contributed by atoms with Crippen LogP contribution in [0.5, 0.6) is 0 Å². The molecule has 27 heavy (non-hydrogen) atoms. The second-order valence-electron chi connectivity index (χ2n) is 5.33. The summed E-state index contributed by atoms with van der Waals surface area (Å²) in [7, 11) is 0. The molecule has 0 atom stereocenters. The Hall–Kier alpha value is -2.55. The molecule has 0 aliphatic carbocycles. The van der Waals surface area contributed by atoms with Crippen LogP contribution in [0.1, 0.15) is 27.6 Å². The fraction of sp³-hybridized carbons (Fsp3) is 0.105. The predicted molar refractivity (Wildman–Crippen MR) is 114 cm³/mol. The standard InChI is InChI=1S/C19H16N2O3S3/c1-2-24-18(23)15-13(14-9-6-10-26-14)11-27-17(15)21-19(25)20-16(22)12-7-4-3-5-8-12/h3-11H,2H2,1H3,(H2,20,21,22,25). The third kappa shape index (κ3) is 4.60. The van der Waals surface area contributed by atoms with E-state index in [0.717, 1.165) is 10.4 Å². The van der Waals surface area contributed by atoms with Crippen molar-refractivity contribution in [2.24, 2.45) is 0 Å². The van der Waals surface area contributed by atoms with E-state index >= 15 is 0 Å². The maximum Gasteiger partial charge on any atom is 0.341 e. The number of thiophene rings is 2. The molecule has 0 unspecified atom stereocenters. The van der Waals surface area contributed by atoms with Crippen LogP contribution >= 0.6 is 34.9 Å². The van der Waals surface area contributed by atoms with Crippen molar-refractivity contribution in [2.45, 2.75) is 6.92 Å². The van der Waals surface area contributed by atoms with Gasteiger partial charge in [-0.3, -0.25) is 10.1 Å². The highest BCUT2D eigenvalue weighted by Gasteiger charge is 2.23. The van der Waals surface area contributed by atoms with Crippen molar-refractivity contribution >= 4 is 56.9 Å². The number of esters is 1. The molecule has 0 aliphatic rings. The number of hydrogen-bond donors (Lipinski definition) is 2. The van der Waals surface area contributed by atoms with E-state index in [1.807, 2.05) is 29.0 Å². The largest absolute Gasteiger partial charge is 0.462 e. The minimum Gasteiger partial charge on any atom is -0.462 e. The van der Waals surface area contributed by atoms with Crippen LogP contribution < -0.4 is 10.6 Å². The van der Waals surface area contributed by atoms with Gasteiger partial charge in [-0.25, -0.2) is 4.79 Å². The van der Waals surface area contributed by atoms with Crippen molar-refractivity contribution in [2.75, 3.05) is 11.9 Å². The lowest BCUT2D eigenvalue weighted by Gasteiger charge is -2.10. The van der Waals surface area contributed by atoms with Crippen molar-refractivity contribution in [1.29, 1.82) is 0 Å². The summed E-state index contributed by atoms with van der Waals surface area (Å²) >= 11 is 8.12. The number of nitrogens with one attached hydrogen (secondary N) is 2. The van der Waals surface area contributed by atoms with Gasteiger partial charge in [-0.05, 0) is 42.7 Å². The fourth-order valence-electron chi connectivity index (χ4n) is 2.37. The number of hydrogen-bond acceptors (Lipinski definition) is 6. The van der Waals surface area contributed by atoms with Gasteiger partial charge in [-0.15, -0.1) is 22.7 Å². The van der Waals surface area contributed by atoms with Crippen LogP contribution in [0.2, 0.25) is 0 Å². The van der Waals surface area contributed by atoms with Crippen molar-refractivity contribution < 1.29 is 14.3 Å². The van der Waals surface area contributed by atoms with Gasteiger partial charge in [-0.1, -0.05) is 24.3 Å². The van der Waals surface area contributed by atoms with Gasteiger partial charge in [0.05, 0.1) is 6.61 Å². The van der Waals surface area contributed by atoms with Gasteiger partial charge in [0.2, 0.25) is 0 Å². The monoisotopic (exact) mass is 416 g/mol. The van der Waals surface area contributed by atoms with Crippen molar-refractivity contribution in [1.82, 2.24) is 5.32 Å². The van der Waals surface area contributed by atoms with E-state index in [1.54, 1.807) is 31.2 Å². The van der Waals surface area contributed by atoms with Gasteiger partial charge < -0.3 is 10.1 Å². The molecular formula is C19H16N2O3S3. The highest BCUT2D eigenvalue weighted by Crippen LogP contribution is 2.38. The van der Waals surface area contributed by atoms with E-state index in [2.05, 4.69) is 10.6 Å². The molecule has 2 heterocycles. The van der Waals surface area contributed by atoms with E-state index < -0.39 is 5.97 Å². The van der Waals surface area contributed by atoms with Crippen LogP contribution in [0.3, 0.4) is 0 Å². The number of amides is 1. The van der Waals surface area contributed by atoms with Crippen LogP contribution in [0.4, 0.5) is 5.00 Å². The molecule has 1 amide bonds. The number of carbonyl (C=O) groups is 2. The lowest BCUT2D eigenvalue weighted by atomic mass is 10.1. The average Bonchev–Trinajstić information content (AvgIpc) is 3.32. The Morgan fingerprint density at radius 1 is 1.11 bits per heavy atom. The Morgan fingerprint density at radius 3 is 2.56 bits per heavy atom. The Balaban J connectivity index is 1.81. The smallest absolute Gasteiger partial charge is 0.341 e. The SMILES string of the molecule is CCOC(=O)c1c(-c2cccs2)csc1NC(=S)NC(=O)c1ccccc1. The molecule has 0 aliphatic heterocycles. The molecule has 0 saturated heterocycles. The summed E-state index contributed by atoms with van der Waals surface area (Å²) in [6.07, 6.45) is 0. The van der Waals surface area contributed by atoms with E-state index in [0.29, 0.717) is 16.1 Å². The lowest BCUT2D eigenvalue weighted by molar-refractivity contribution is 0.0529. The number of ether oxygens (including phenoxy) is 1. The van der Waals surface area contributed by atoms with Gasteiger partial charge in [0.1, 0.15) is 10.6 Å². The molecule has 8 heteroatoms. The fourth-order valence-corrected chi connectivity index (χ4v) is 4.40. The second kappa shape index (κ2) is 8.90. The molecule has 2 N–H and O–H groups in total. The number of carbonyl (C=O) groups excluding carboxylic acids is 2. The van der Waals surface area contributed by atoms with Crippen LogP contribution in [0.15, 0.2) is 53.2 Å². The highest BCUT2D eigenvalue weighted by molar-refractivity contribution is 7.80. The first-order valence-electron chi connectivity index (χ1n) is 8.10. The normalized spacial score (nSPS) is 10.3. The zero-order valence-corrected chi connectivity index (χ0v) is 16.8. The minimum absolute atomic E-state index is 0.119. The lowest BCUT2D eigenvalue weighted by Crippen LogP contribution is -2.34. The Labute approximate surface area is 170 Å². The van der Waals surface area contributed by atoms with E-state index in [-0.39, 0.29) is 17.6 Å². The van der Waals surface area contributed by atoms with Crippen molar-refractivity contribution in [3.8, 4) is 10.4 Å². The molecule has 138 valence electrons. The Morgan fingerprint density at radius 2 is 1.89 bits per heavy atom. The second-order valence-corrected chi connectivity index (χ2v) is 7.56. The Bertz CT molecular complexity index is 950. The van der Waals surface area contributed by atoms with Gasteiger partial charge >= 0.3 is 5.97 Å². The number of anilines is 1. The van der Waals surface area contributed by atoms with Crippen molar-refractivity contribution in [3.63, 3.8) is 0 Å². The molecule has 0 fully saturated rings. The first-order chi connectivity index (χ1) is 13.1. The third-order valence-corrected chi connectivity index (χ3v) is 5.55. The quantitative estimate of drug-likeness (QED) is 0.463. The molecule has 3 rings (SSSR count). The maximum atomic E-state index is 12.5. The number of rotatable bonds is 5. The number of thiocarbonyl (C=S) groups is 1. The van der Waals surface area contributed by atoms with Gasteiger partial charge in [-0.2, -0.15) is 0 Å². The molecule has 0 radical (unpaired) electrons. The zero-order valence-electron chi connectivity index (χ0n) is 14.4. The highest BCUT2D eigenvalue weighted by atomic mass is 32.1. The molecular weight excluding hydrogens is 400 g/mol. The molecule has 2 aromatic heterocycles. The van der Waals surface area contributed by atoms with Gasteiger partial charge in [0.25, 0.3) is 5.91 Å². The predicted octanol–water partition coefficient (Wildman–Crippen LogP) is 4.78. The summed E-state index contributed by atoms with van der Waals surface area (Å²) in [5.41, 5.74) is 1.70. The summed E-state index contributed by atoms with van der Waals surface area (Å²) < 4.78 is 5.20. The maximum absolute atomic E-state index is 12.5. The molecule has 3 aromatic rings. The van der Waals surface area contributed by atoms with Crippen LogP contribution in [0.25, 0.3) is 10.4 Å². The molecule has 0 saturated carbocycles. The summed E-state index contributed by atoms with van der Waals surface area (Å²) in [4.78, 5) is 25.7. The van der Waals surface area contributed by atoms with Crippen LogP contribution in [0, 0.1) is 0 Å². The topological polar surface area (TPSA) is 67.4 Å². The first kappa shape index (κ1) is 19.2. The van der Waals surface area contributed by atoms with E-state index in [4.69, 9.17) is 17.0 Å². The summed E-state index contributed by atoms with van der Waals surface area (Å²) in [5, 5.41) is 10.1. The van der Waals surface area contributed by atoms with E-state index in [1.165, 1.54) is 22.7 Å². The molecule has 1 aromatic carbocycles. The molecule has 0 spiro atoms. The summed E-state index contributed by atoms with van der Waals surface area (Å²) in [6, 6.07) is 12.6. The average molecular weight is 417 g/mol. The minimum atomic E-state index is -0.429. The summed E-state index contributed by atoms with van der Waals surface area (Å²) in [5.74, 6) is -0.748. The third-order valence-electron chi connectivity index (χ3n) is 3.55. The van der Waals surface area contributed by atoms with Crippen molar-refractivity contribution in [3.05, 3.63) is 64.4 Å². The van der Waals surface area contributed by atoms with Crippen LogP contribution in [-0.4, -0.2) is 23.6 Å². The van der Waals surface area contributed by atoms with Gasteiger partial charge in [0, 0.05) is 21.4 Å². The molecule has 0 bridgehead atoms. The van der Waals surface area contributed by atoms with E-state index in [9.17, 15) is 9.59 Å². The molecule has 5 nitrogen and oxygen atoms in total. The van der Waals surface area contributed by atoms with Crippen LogP contribution in [-0.2, 0) is 4.74 Å².